The molecule has 1 saturated carbocycles. The number of rotatable bonds is 4. The van der Waals surface area contributed by atoms with Gasteiger partial charge in [-0.3, -0.25) is 0 Å². The van der Waals surface area contributed by atoms with Crippen LogP contribution in [-0.4, -0.2) is 37.6 Å². The van der Waals surface area contributed by atoms with Crippen molar-refractivity contribution in [3.63, 3.8) is 0 Å². The quantitative estimate of drug-likeness (QED) is 0.837. The minimum atomic E-state index is 0.632. The summed E-state index contributed by atoms with van der Waals surface area (Å²) in [7, 11) is 0. The maximum Gasteiger partial charge on any atom is 0.108 e. The van der Waals surface area contributed by atoms with E-state index in [1.54, 1.807) is 0 Å². The maximum absolute atomic E-state index is 5.60. The number of piperazine rings is 1. The third kappa shape index (κ3) is 2.30. The molecule has 0 spiro atoms. The molecule has 16 heavy (non-hydrogen) atoms. The van der Waals surface area contributed by atoms with Crippen LogP contribution in [0.3, 0.4) is 0 Å². The van der Waals surface area contributed by atoms with E-state index in [0.717, 1.165) is 19.0 Å². The molecule has 0 radical (unpaired) electrons. The van der Waals surface area contributed by atoms with Crippen LogP contribution in [0.15, 0.2) is 22.8 Å². The molecular formula is C13H20N2O. The lowest BCUT2D eigenvalue weighted by Gasteiger charge is -2.30. The second-order valence-corrected chi connectivity index (χ2v) is 5.01. The van der Waals surface area contributed by atoms with Gasteiger partial charge >= 0.3 is 0 Å². The molecule has 0 amide bonds. The normalized spacial score (nSPS) is 24.5. The Morgan fingerprint density at radius 2 is 2.19 bits per heavy atom. The second-order valence-electron chi connectivity index (χ2n) is 5.01. The van der Waals surface area contributed by atoms with Crippen LogP contribution in [-0.2, 0) is 0 Å². The van der Waals surface area contributed by atoms with Gasteiger partial charge in [0.2, 0.25) is 0 Å². The Morgan fingerprint density at radius 3 is 2.81 bits per heavy atom. The van der Waals surface area contributed by atoms with Crippen LogP contribution < -0.4 is 5.32 Å². The van der Waals surface area contributed by atoms with Crippen LogP contribution in [0.25, 0.3) is 0 Å². The SMILES string of the molecule is c1coc(C(CN2CCNCC2)C2CC2)c1. The predicted octanol–water partition coefficient (Wildman–Crippen LogP) is 1.68. The minimum Gasteiger partial charge on any atom is -0.469 e. The van der Waals surface area contributed by atoms with Gasteiger partial charge in [0.25, 0.3) is 0 Å². The van der Waals surface area contributed by atoms with Crippen LogP contribution in [0.4, 0.5) is 0 Å². The Hall–Kier alpha value is -0.800. The molecular weight excluding hydrogens is 200 g/mol. The van der Waals surface area contributed by atoms with E-state index in [-0.39, 0.29) is 0 Å². The second kappa shape index (κ2) is 4.60. The molecule has 1 aliphatic heterocycles. The highest BCUT2D eigenvalue weighted by atomic mass is 16.3. The molecule has 3 rings (SSSR count). The van der Waals surface area contributed by atoms with E-state index in [1.807, 2.05) is 12.3 Å². The van der Waals surface area contributed by atoms with Crippen LogP contribution in [0.2, 0.25) is 0 Å². The zero-order chi connectivity index (χ0) is 10.8. The lowest BCUT2D eigenvalue weighted by molar-refractivity contribution is 0.211. The Kier molecular flexibility index (Phi) is 2.98. The van der Waals surface area contributed by atoms with Crippen molar-refractivity contribution in [2.45, 2.75) is 18.8 Å². The van der Waals surface area contributed by atoms with Crippen LogP contribution in [0.5, 0.6) is 0 Å². The summed E-state index contributed by atoms with van der Waals surface area (Å²) in [5.74, 6) is 2.70. The molecule has 3 nitrogen and oxygen atoms in total. The zero-order valence-electron chi connectivity index (χ0n) is 9.69. The minimum absolute atomic E-state index is 0.632. The van der Waals surface area contributed by atoms with Crippen molar-refractivity contribution < 1.29 is 4.42 Å². The van der Waals surface area contributed by atoms with E-state index in [1.165, 1.54) is 38.2 Å². The van der Waals surface area contributed by atoms with Gasteiger partial charge in [-0.05, 0) is 30.9 Å². The molecule has 1 saturated heterocycles. The maximum atomic E-state index is 5.60. The van der Waals surface area contributed by atoms with Crippen LogP contribution in [0.1, 0.15) is 24.5 Å². The van der Waals surface area contributed by atoms with Gasteiger partial charge < -0.3 is 14.6 Å². The van der Waals surface area contributed by atoms with Gasteiger partial charge in [0.05, 0.1) is 6.26 Å². The molecule has 88 valence electrons. The molecule has 1 aromatic heterocycles. The first-order valence-corrected chi connectivity index (χ1v) is 6.40. The molecule has 1 aliphatic carbocycles. The summed E-state index contributed by atoms with van der Waals surface area (Å²) in [5, 5.41) is 3.40. The van der Waals surface area contributed by atoms with Gasteiger partial charge in [-0.2, -0.15) is 0 Å². The van der Waals surface area contributed by atoms with Gasteiger partial charge in [-0.1, -0.05) is 0 Å². The largest absolute Gasteiger partial charge is 0.469 e. The van der Waals surface area contributed by atoms with E-state index in [9.17, 15) is 0 Å². The zero-order valence-corrected chi connectivity index (χ0v) is 9.69. The fourth-order valence-corrected chi connectivity index (χ4v) is 2.64. The van der Waals surface area contributed by atoms with Gasteiger partial charge in [-0.25, -0.2) is 0 Å². The van der Waals surface area contributed by atoms with Gasteiger partial charge in [-0.15, -0.1) is 0 Å². The van der Waals surface area contributed by atoms with Crippen molar-refractivity contribution in [2.24, 2.45) is 5.92 Å². The highest BCUT2D eigenvalue weighted by Gasteiger charge is 2.35. The van der Waals surface area contributed by atoms with E-state index in [0.29, 0.717) is 5.92 Å². The summed E-state index contributed by atoms with van der Waals surface area (Å²) in [5.41, 5.74) is 0. The third-order valence-electron chi connectivity index (χ3n) is 3.76. The average molecular weight is 220 g/mol. The smallest absolute Gasteiger partial charge is 0.108 e. The van der Waals surface area contributed by atoms with Gasteiger partial charge in [0.1, 0.15) is 5.76 Å². The molecule has 1 aromatic rings. The molecule has 1 N–H and O–H groups in total. The molecule has 3 heteroatoms. The number of hydrogen-bond acceptors (Lipinski definition) is 3. The van der Waals surface area contributed by atoms with Crippen LogP contribution >= 0.6 is 0 Å². The Labute approximate surface area is 96.8 Å². The highest BCUT2D eigenvalue weighted by Crippen LogP contribution is 2.43. The van der Waals surface area contributed by atoms with Crippen molar-refractivity contribution in [1.29, 1.82) is 0 Å². The molecule has 2 aliphatic rings. The fraction of sp³-hybridized carbons (Fsp3) is 0.692. The van der Waals surface area contributed by atoms with E-state index < -0.39 is 0 Å². The topological polar surface area (TPSA) is 28.4 Å². The first-order chi connectivity index (χ1) is 7.93. The number of nitrogens with one attached hydrogen (secondary N) is 1. The van der Waals surface area contributed by atoms with Crippen molar-refractivity contribution in [1.82, 2.24) is 10.2 Å². The van der Waals surface area contributed by atoms with Crippen molar-refractivity contribution >= 4 is 0 Å². The standard InChI is InChI=1S/C13H20N2O/c1-2-13(16-9-1)12(11-3-4-11)10-15-7-5-14-6-8-15/h1-2,9,11-12,14H,3-8,10H2. The number of hydrogen-bond donors (Lipinski definition) is 1. The Morgan fingerprint density at radius 1 is 1.38 bits per heavy atom. The monoisotopic (exact) mass is 220 g/mol. The van der Waals surface area contributed by atoms with Crippen molar-refractivity contribution in [2.75, 3.05) is 32.7 Å². The fourth-order valence-electron chi connectivity index (χ4n) is 2.64. The Bertz CT molecular complexity index is 313. The summed E-state index contributed by atoms with van der Waals surface area (Å²) in [4.78, 5) is 2.57. The molecule has 0 bridgehead atoms. The lowest BCUT2D eigenvalue weighted by atomic mass is 10.00. The van der Waals surface area contributed by atoms with E-state index in [2.05, 4.69) is 16.3 Å². The summed E-state index contributed by atoms with van der Waals surface area (Å²) in [6.45, 7) is 5.82. The third-order valence-corrected chi connectivity index (χ3v) is 3.76. The molecule has 1 unspecified atom stereocenters. The molecule has 0 aromatic carbocycles. The summed E-state index contributed by atoms with van der Waals surface area (Å²) in [6, 6.07) is 4.16. The predicted molar refractivity (Wildman–Crippen MR) is 63.5 cm³/mol. The lowest BCUT2D eigenvalue weighted by Crippen LogP contribution is -2.45. The van der Waals surface area contributed by atoms with E-state index in [4.69, 9.17) is 4.42 Å². The summed E-state index contributed by atoms with van der Waals surface area (Å²) < 4.78 is 5.60. The van der Waals surface area contributed by atoms with E-state index >= 15 is 0 Å². The number of nitrogens with zero attached hydrogens (tertiary/aromatic N) is 1. The van der Waals surface area contributed by atoms with Crippen molar-refractivity contribution in [3.8, 4) is 0 Å². The van der Waals surface area contributed by atoms with Crippen LogP contribution in [0, 0.1) is 5.92 Å². The average Bonchev–Trinajstić information content (AvgIpc) is 3.02. The Balaban J connectivity index is 1.64. The summed E-state index contributed by atoms with van der Waals surface area (Å²) >= 11 is 0. The highest BCUT2D eigenvalue weighted by molar-refractivity contribution is 5.10. The molecule has 1 atom stereocenters. The number of furan rings is 1. The first-order valence-electron chi connectivity index (χ1n) is 6.40. The summed E-state index contributed by atoms with van der Waals surface area (Å²) in [6.07, 6.45) is 4.58. The van der Waals surface area contributed by atoms with Crippen molar-refractivity contribution in [3.05, 3.63) is 24.2 Å². The first kappa shape index (κ1) is 10.4. The van der Waals surface area contributed by atoms with Gasteiger partial charge in [0.15, 0.2) is 0 Å². The molecule has 2 heterocycles. The van der Waals surface area contributed by atoms with Gasteiger partial charge in [0, 0.05) is 38.6 Å². The molecule has 2 fully saturated rings.